The van der Waals surface area contributed by atoms with Crippen molar-refractivity contribution in [3.05, 3.63) is 34.3 Å². The molecule has 0 aromatic heterocycles. The molecule has 0 fully saturated rings. The van der Waals surface area contributed by atoms with E-state index in [-0.39, 0.29) is 18.4 Å². The Morgan fingerprint density at radius 1 is 1.43 bits per heavy atom. The summed E-state index contributed by atoms with van der Waals surface area (Å²) in [5.41, 5.74) is 7.70. The zero-order valence-electron chi connectivity index (χ0n) is 7.61. The van der Waals surface area contributed by atoms with Crippen molar-refractivity contribution in [2.45, 2.75) is 25.0 Å². The fraction of sp³-hybridized carbons (Fsp3) is 0.400. The largest absolute Gasteiger partial charge is 0.387 e. The summed E-state index contributed by atoms with van der Waals surface area (Å²) in [4.78, 5) is 0. The number of hydrogen-bond acceptors (Lipinski definition) is 2. The highest BCUT2D eigenvalue weighted by molar-refractivity contribution is 6.31. The van der Waals surface area contributed by atoms with Crippen LogP contribution < -0.4 is 5.73 Å². The average molecular weight is 234 g/mol. The maximum Gasteiger partial charge on any atom is 0.0957 e. The molecule has 2 atom stereocenters. The van der Waals surface area contributed by atoms with Crippen LogP contribution in [0, 0.1) is 0 Å². The van der Waals surface area contributed by atoms with E-state index < -0.39 is 6.10 Å². The van der Waals surface area contributed by atoms with E-state index in [1.165, 1.54) is 0 Å². The molecule has 3 N–H and O–H groups in total. The smallest absolute Gasteiger partial charge is 0.0957 e. The Hall–Kier alpha value is -0.280. The minimum absolute atomic E-state index is 0. The van der Waals surface area contributed by atoms with E-state index in [0.717, 1.165) is 24.0 Å². The number of aliphatic hydroxyl groups is 1. The molecular weight excluding hydrogens is 221 g/mol. The molecule has 1 aromatic carbocycles. The van der Waals surface area contributed by atoms with E-state index in [1.807, 2.05) is 12.1 Å². The first-order valence-corrected chi connectivity index (χ1v) is 4.79. The van der Waals surface area contributed by atoms with Crippen LogP contribution in [0.15, 0.2) is 18.2 Å². The summed E-state index contributed by atoms with van der Waals surface area (Å²) in [6.07, 6.45) is 1.14. The number of fused-ring (bicyclic) bond motifs is 1. The Bertz CT molecular complexity index is 330. The molecule has 2 rings (SSSR count). The number of hydrogen-bond donors (Lipinski definition) is 2. The second kappa shape index (κ2) is 4.49. The molecule has 4 heteroatoms. The number of nitrogens with two attached hydrogens (primary N) is 1. The second-order valence-corrected chi connectivity index (χ2v) is 3.87. The number of benzene rings is 1. The molecule has 2 unspecified atom stereocenters. The average Bonchev–Trinajstić information content (AvgIpc) is 2.12. The first-order chi connectivity index (χ1) is 6.20. The van der Waals surface area contributed by atoms with Gasteiger partial charge >= 0.3 is 0 Å². The Balaban J connectivity index is 0.000000980. The zero-order chi connectivity index (χ0) is 9.42. The normalized spacial score (nSPS) is 25.1. The van der Waals surface area contributed by atoms with Crippen LogP contribution in [0.3, 0.4) is 0 Å². The highest BCUT2D eigenvalue weighted by atomic mass is 35.5. The molecule has 14 heavy (non-hydrogen) atoms. The van der Waals surface area contributed by atoms with Gasteiger partial charge in [-0.3, -0.25) is 0 Å². The van der Waals surface area contributed by atoms with Crippen molar-refractivity contribution in [3.63, 3.8) is 0 Å². The van der Waals surface area contributed by atoms with Crippen LogP contribution in [-0.4, -0.2) is 11.1 Å². The summed E-state index contributed by atoms with van der Waals surface area (Å²) in [6.45, 7) is 0. The predicted octanol–water partition coefficient (Wildman–Crippen LogP) is 2.07. The fourth-order valence-electron chi connectivity index (χ4n) is 1.83. The van der Waals surface area contributed by atoms with Crippen molar-refractivity contribution in [1.29, 1.82) is 0 Å². The molecule has 1 aliphatic rings. The predicted molar refractivity (Wildman–Crippen MR) is 60.0 cm³/mol. The lowest BCUT2D eigenvalue weighted by Gasteiger charge is -2.27. The van der Waals surface area contributed by atoms with Gasteiger partial charge < -0.3 is 10.8 Å². The molecule has 0 heterocycles. The third kappa shape index (κ3) is 1.89. The van der Waals surface area contributed by atoms with Crippen molar-refractivity contribution in [1.82, 2.24) is 0 Å². The maximum atomic E-state index is 9.80. The molecule has 0 radical (unpaired) electrons. The molecular formula is C10H13Cl2NO. The van der Waals surface area contributed by atoms with Crippen LogP contribution in [0.4, 0.5) is 0 Å². The van der Waals surface area contributed by atoms with E-state index in [2.05, 4.69) is 0 Å². The third-order valence-electron chi connectivity index (χ3n) is 2.59. The molecule has 0 bridgehead atoms. The van der Waals surface area contributed by atoms with Crippen molar-refractivity contribution in [3.8, 4) is 0 Å². The van der Waals surface area contributed by atoms with Crippen molar-refractivity contribution < 1.29 is 5.11 Å². The summed E-state index contributed by atoms with van der Waals surface area (Å²) in [5.74, 6) is 0. The standard InChI is InChI=1S/C10H12ClNO.ClH/c11-7-3-1-2-6-4-5-8(12)10(13)9(6)7;/h1-3,8,10,13H,4-5,12H2;1H. The van der Waals surface area contributed by atoms with Gasteiger partial charge in [-0.15, -0.1) is 12.4 Å². The Labute approximate surface area is 94.5 Å². The number of rotatable bonds is 0. The Morgan fingerprint density at radius 3 is 2.86 bits per heavy atom. The summed E-state index contributed by atoms with van der Waals surface area (Å²) in [6, 6.07) is 5.52. The quantitative estimate of drug-likeness (QED) is 0.721. The highest BCUT2D eigenvalue weighted by Gasteiger charge is 2.26. The van der Waals surface area contributed by atoms with Crippen LogP contribution in [0.25, 0.3) is 0 Å². The molecule has 0 saturated carbocycles. The van der Waals surface area contributed by atoms with Gasteiger partial charge in [0.15, 0.2) is 0 Å². The molecule has 2 nitrogen and oxygen atoms in total. The van der Waals surface area contributed by atoms with Gasteiger partial charge in [0.2, 0.25) is 0 Å². The van der Waals surface area contributed by atoms with Gasteiger partial charge in [-0.2, -0.15) is 0 Å². The number of halogens is 2. The summed E-state index contributed by atoms with van der Waals surface area (Å²) >= 11 is 5.99. The van der Waals surface area contributed by atoms with Crippen LogP contribution in [0.5, 0.6) is 0 Å². The summed E-state index contributed by atoms with van der Waals surface area (Å²) < 4.78 is 0. The first-order valence-electron chi connectivity index (χ1n) is 4.41. The summed E-state index contributed by atoms with van der Waals surface area (Å²) in [5, 5.41) is 10.4. The minimum Gasteiger partial charge on any atom is -0.387 e. The van der Waals surface area contributed by atoms with Gasteiger partial charge in [0.25, 0.3) is 0 Å². The maximum absolute atomic E-state index is 9.80. The van der Waals surface area contributed by atoms with Gasteiger partial charge in [0.05, 0.1) is 6.10 Å². The van der Waals surface area contributed by atoms with Gasteiger partial charge in [0.1, 0.15) is 0 Å². The van der Waals surface area contributed by atoms with E-state index >= 15 is 0 Å². The van der Waals surface area contributed by atoms with Crippen LogP contribution in [0.2, 0.25) is 5.02 Å². The topological polar surface area (TPSA) is 46.2 Å². The lowest BCUT2D eigenvalue weighted by atomic mass is 9.86. The molecule has 1 aliphatic carbocycles. The molecule has 0 saturated heterocycles. The monoisotopic (exact) mass is 233 g/mol. The SMILES string of the molecule is Cl.NC1CCc2cccc(Cl)c2C1O. The van der Waals surface area contributed by atoms with Crippen molar-refractivity contribution in [2.24, 2.45) is 5.73 Å². The van der Waals surface area contributed by atoms with Gasteiger partial charge in [-0.05, 0) is 24.5 Å². The number of aryl methyl sites for hydroxylation is 1. The molecule has 1 aromatic rings. The van der Waals surface area contributed by atoms with Crippen molar-refractivity contribution in [2.75, 3.05) is 0 Å². The van der Waals surface area contributed by atoms with Crippen molar-refractivity contribution >= 4 is 24.0 Å². The van der Waals surface area contributed by atoms with Crippen LogP contribution >= 0.6 is 24.0 Å². The molecule has 0 amide bonds. The van der Waals surface area contributed by atoms with E-state index in [4.69, 9.17) is 17.3 Å². The van der Waals surface area contributed by atoms with Gasteiger partial charge in [-0.1, -0.05) is 23.7 Å². The lowest BCUT2D eigenvalue weighted by Crippen LogP contribution is -2.33. The highest BCUT2D eigenvalue weighted by Crippen LogP contribution is 2.33. The van der Waals surface area contributed by atoms with Crippen LogP contribution in [-0.2, 0) is 6.42 Å². The van der Waals surface area contributed by atoms with E-state index in [0.29, 0.717) is 5.02 Å². The molecule has 0 aliphatic heterocycles. The van der Waals surface area contributed by atoms with Crippen LogP contribution in [0.1, 0.15) is 23.7 Å². The first kappa shape index (κ1) is 11.8. The second-order valence-electron chi connectivity index (χ2n) is 3.46. The van der Waals surface area contributed by atoms with Gasteiger partial charge in [-0.25, -0.2) is 0 Å². The third-order valence-corrected chi connectivity index (χ3v) is 2.92. The van der Waals surface area contributed by atoms with E-state index in [1.54, 1.807) is 6.07 Å². The van der Waals surface area contributed by atoms with Gasteiger partial charge in [0, 0.05) is 16.6 Å². The number of aliphatic hydroxyl groups excluding tert-OH is 1. The zero-order valence-corrected chi connectivity index (χ0v) is 9.18. The Kier molecular flexibility index (Phi) is 3.78. The Morgan fingerprint density at radius 2 is 2.14 bits per heavy atom. The lowest BCUT2D eigenvalue weighted by molar-refractivity contribution is 0.134. The minimum atomic E-state index is -0.600. The molecule has 0 spiro atoms. The van der Waals surface area contributed by atoms with E-state index in [9.17, 15) is 5.11 Å². The fourth-order valence-corrected chi connectivity index (χ4v) is 2.13. The summed E-state index contributed by atoms with van der Waals surface area (Å²) in [7, 11) is 0. The molecule has 78 valence electrons.